The van der Waals surface area contributed by atoms with E-state index in [0.29, 0.717) is 11.3 Å². The van der Waals surface area contributed by atoms with Crippen LogP contribution in [0.4, 0.5) is 77.0 Å². The van der Waals surface area contributed by atoms with Gasteiger partial charge in [-0.2, -0.15) is 0 Å². The number of fused-ring (bicyclic) bond motifs is 14. The first kappa shape index (κ1) is 81.3. The molecule has 2 aromatic heterocycles. The number of anilines is 12. The molecule has 0 radical (unpaired) electrons. The van der Waals surface area contributed by atoms with Crippen LogP contribution in [-0.2, 0) is 55.2 Å². The fourth-order valence-corrected chi connectivity index (χ4v) is 22.0. The second-order valence-corrected chi connectivity index (χ2v) is 44.9. The predicted molar refractivity (Wildman–Crippen MR) is 523 cm³/mol. The molecular formula is C114H118B2F2N4O2. The second-order valence-electron chi connectivity index (χ2n) is 44.9. The molecule has 0 bridgehead atoms. The molecule has 20 rings (SSSR count). The molecule has 6 aliphatic rings. The van der Waals surface area contributed by atoms with Crippen LogP contribution in [0.5, 0.6) is 0 Å². The molecule has 0 amide bonds. The lowest BCUT2D eigenvalue weighted by Gasteiger charge is -2.48. The van der Waals surface area contributed by atoms with Crippen molar-refractivity contribution in [2.75, 3.05) is 19.6 Å². The van der Waals surface area contributed by atoms with Gasteiger partial charge in [-0.25, -0.2) is 8.78 Å². The number of nitrogens with zero attached hydrogens (tertiary/aromatic N) is 4. The molecule has 1 unspecified atom stereocenters. The van der Waals surface area contributed by atoms with E-state index < -0.39 is 0 Å². The standard InChI is InChI=1S/C114H118B2F2N4O2/c1-66-52-94-100-95(53-66)121(90-45-39-72(108(9,10)11)58-78(90)76-32-25-26-33-87(76)117)93-64-83-84(62-86(93)116(100)104-102(79-59-73(109(12,13)14)40-46-98(79)123-104)119(94)75-42-36-70(37-43-75)106(3,4)5)114(24,51-50-113(83,22)23)65-68-30-29-31-69(56-68)77-57-71(107(6,7)8)38-44-89(77)120-92-63-82-81(111(18,19)48-49-112(82,20)21)61-85(92)115-101-96(120)54-67(2)55-97(101)122(91-35-28-27-34-88(91)118)103-80-60-74(110(15,16)17)41-47-99(80)124-105(103)115/h25-47,52-64H,48-51,65H2,1-24H3. The topological polar surface area (TPSA) is 39.2 Å². The maximum atomic E-state index is 17.4. The van der Waals surface area contributed by atoms with E-state index in [0.717, 1.165) is 178 Å². The van der Waals surface area contributed by atoms with Gasteiger partial charge in [0.2, 0.25) is 0 Å². The summed E-state index contributed by atoms with van der Waals surface area (Å²) in [6.07, 6.45) is 4.79. The Morgan fingerprint density at radius 2 is 0.742 bits per heavy atom. The van der Waals surface area contributed by atoms with Crippen LogP contribution in [0.25, 0.3) is 44.2 Å². The van der Waals surface area contributed by atoms with Crippen molar-refractivity contribution < 1.29 is 17.6 Å². The van der Waals surface area contributed by atoms with Gasteiger partial charge in [-0.3, -0.25) is 0 Å². The summed E-state index contributed by atoms with van der Waals surface area (Å²) in [6.45, 7) is 55.3. The lowest BCUT2D eigenvalue weighted by atomic mass is 9.35. The van der Waals surface area contributed by atoms with Gasteiger partial charge in [0.15, 0.2) is 0 Å². The lowest BCUT2D eigenvalue weighted by Crippen LogP contribution is -2.61. The highest BCUT2D eigenvalue weighted by atomic mass is 19.1. The van der Waals surface area contributed by atoms with E-state index in [9.17, 15) is 0 Å². The third-order valence-electron chi connectivity index (χ3n) is 29.4. The number of aryl methyl sites for hydroxylation is 2. The monoisotopic (exact) mass is 1630 g/mol. The number of para-hydroxylation sites is 1. The number of halogens is 2. The van der Waals surface area contributed by atoms with Crippen LogP contribution in [0.2, 0.25) is 0 Å². The average Bonchev–Trinajstić information content (AvgIpc) is 1.29. The summed E-state index contributed by atoms with van der Waals surface area (Å²) in [5.74, 6) is -0.556. The molecule has 0 saturated carbocycles. The molecule has 0 spiro atoms. The first-order valence-electron chi connectivity index (χ1n) is 45.3. The van der Waals surface area contributed by atoms with E-state index in [1.54, 1.807) is 24.3 Å². The minimum Gasteiger partial charge on any atom is -0.468 e. The average molecular weight is 1640 g/mol. The summed E-state index contributed by atoms with van der Waals surface area (Å²) in [4.78, 5) is 9.84. The molecule has 14 aromatic rings. The van der Waals surface area contributed by atoms with Crippen LogP contribution < -0.4 is 52.8 Å². The molecule has 12 aromatic carbocycles. The molecular weight excluding hydrogens is 1520 g/mol. The van der Waals surface area contributed by atoms with Gasteiger partial charge in [0.1, 0.15) is 22.8 Å². The number of rotatable bonds is 8. The van der Waals surface area contributed by atoms with Crippen LogP contribution in [0.15, 0.2) is 227 Å². The summed E-state index contributed by atoms with van der Waals surface area (Å²) < 4.78 is 49.9. The van der Waals surface area contributed by atoms with Gasteiger partial charge < -0.3 is 28.4 Å². The van der Waals surface area contributed by atoms with Crippen LogP contribution in [0.1, 0.15) is 245 Å². The largest absolute Gasteiger partial charge is 0.468 e. The molecule has 6 heterocycles. The summed E-state index contributed by atoms with van der Waals surface area (Å²) in [7, 11) is 0. The van der Waals surface area contributed by atoms with E-state index in [2.05, 4.69) is 356 Å². The van der Waals surface area contributed by atoms with Gasteiger partial charge >= 0.3 is 0 Å². The number of hydrogen-bond acceptors (Lipinski definition) is 6. The first-order chi connectivity index (χ1) is 58.3. The maximum Gasteiger partial charge on any atom is 0.297 e. The van der Waals surface area contributed by atoms with Gasteiger partial charge in [0, 0.05) is 67.3 Å². The summed E-state index contributed by atoms with van der Waals surface area (Å²) in [5, 5.41) is 2.06. The minimum absolute atomic E-state index is 0.0675. The quantitative estimate of drug-likeness (QED) is 0.141. The van der Waals surface area contributed by atoms with Crippen LogP contribution in [0, 0.1) is 25.5 Å². The van der Waals surface area contributed by atoms with Crippen molar-refractivity contribution in [1.29, 1.82) is 0 Å². The molecule has 1 atom stereocenters. The summed E-state index contributed by atoms with van der Waals surface area (Å²) >= 11 is 0. The van der Waals surface area contributed by atoms with Gasteiger partial charge in [0.25, 0.3) is 13.4 Å². The van der Waals surface area contributed by atoms with Gasteiger partial charge in [0.05, 0.1) is 39.8 Å². The van der Waals surface area contributed by atoms with Crippen molar-refractivity contribution in [2.45, 2.75) is 247 Å². The zero-order chi connectivity index (χ0) is 87.5. The Balaban J connectivity index is 0.803. The fourth-order valence-electron chi connectivity index (χ4n) is 22.0. The van der Waals surface area contributed by atoms with E-state index in [4.69, 9.17) is 8.83 Å². The van der Waals surface area contributed by atoms with E-state index in [-0.39, 0.29) is 73.8 Å². The Morgan fingerprint density at radius 3 is 1.25 bits per heavy atom. The molecule has 10 heteroatoms. The molecule has 6 nitrogen and oxygen atoms in total. The van der Waals surface area contributed by atoms with Crippen molar-refractivity contribution in [2.24, 2.45) is 0 Å². The first-order valence-corrected chi connectivity index (χ1v) is 45.3. The predicted octanol–water partition coefficient (Wildman–Crippen LogP) is 28.0. The normalized spacial score (nSPS) is 17.3. The zero-order valence-electron chi connectivity index (χ0n) is 77.3. The fraction of sp³-hybridized carbons (Fsp3) is 0.333. The Labute approximate surface area is 735 Å². The highest BCUT2D eigenvalue weighted by Crippen LogP contribution is 2.58. The van der Waals surface area contributed by atoms with Crippen LogP contribution in [0.3, 0.4) is 0 Å². The van der Waals surface area contributed by atoms with Gasteiger partial charge in [-0.1, -0.05) is 255 Å². The highest BCUT2D eigenvalue weighted by Gasteiger charge is 2.53. The van der Waals surface area contributed by atoms with Gasteiger partial charge in [-0.15, -0.1) is 0 Å². The lowest BCUT2D eigenvalue weighted by molar-refractivity contribution is 0.310. The van der Waals surface area contributed by atoms with Crippen LogP contribution >= 0.6 is 0 Å². The van der Waals surface area contributed by atoms with Crippen molar-refractivity contribution in [3.8, 4) is 22.3 Å². The van der Waals surface area contributed by atoms with E-state index in [1.807, 2.05) is 24.3 Å². The molecule has 0 N–H and O–H groups in total. The third-order valence-corrected chi connectivity index (χ3v) is 29.4. The van der Waals surface area contributed by atoms with Crippen molar-refractivity contribution in [3.63, 3.8) is 0 Å². The third kappa shape index (κ3) is 12.8. The molecule has 4 aliphatic heterocycles. The Hall–Kier alpha value is -11.1. The number of furan rings is 2. The minimum atomic E-state index is -0.384. The molecule has 0 fully saturated rings. The molecule has 2 aliphatic carbocycles. The van der Waals surface area contributed by atoms with Crippen molar-refractivity contribution in [1.82, 2.24) is 0 Å². The van der Waals surface area contributed by atoms with Gasteiger partial charge in [-0.05, 0) is 304 Å². The Bertz CT molecular complexity index is 6830. The highest BCUT2D eigenvalue weighted by molar-refractivity contribution is 7.00. The summed E-state index contributed by atoms with van der Waals surface area (Å²) in [6, 6.07) is 81.0. The SMILES string of the molecule is Cc1cc2c3c(c1)N(c1ccc(C(C)(C)C)cc1)c1c(oc4ccc(C(C)(C)C)cc14)B3c1cc3c(cc1N2c1ccc(C(C)(C)C)cc1-c1ccccc1F)C(C)(C)CCC3(C)Cc1cccc(-c2cc(C(C)(C)C)ccc2N2c3cc4c(cc3B3c5oc6ccc(C(C)(C)C)cc6c5N(c5ccccc5F)c5cc(C)cc2c53)C(C)(C)CCC4(C)C)c1. The smallest absolute Gasteiger partial charge is 0.297 e. The zero-order valence-corrected chi connectivity index (χ0v) is 77.3. The number of hydrogen-bond donors (Lipinski definition) is 0. The molecule has 0 saturated heterocycles. The molecule has 626 valence electrons. The van der Waals surface area contributed by atoms with E-state index >= 15 is 8.78 Å². The van der Waals surface area contributed by atoms with Crippen molar-refractivity contribution >= 4 is 137 Å². The Morgan fingerprint density at radius 1 is 0.331 bits per heavy atom. The second kappa shape index (κ2) is 27.5. The van der Waals surface area contributed by atoms with Crippen LogP contribution in [-0.4, -0.2) is 13.4 Å². The number of benzene rings is 12. The summed E-state index contributed by atoms with van der Waals surface area (Å²) in [5.41, 5.74) is 36.7. The molecule has 124 heavy (non-hydrogen) atoms. The maximum absolute atomic E-state index is 17.4. The van der Waals surface area contributed by atoms with E-state index in [1.165, 1.54) is 55.5 Å². The Kier molecular flexibility index (Phi) is 18.0. The van der Waals surface area contributed by atoms with Crippen molar-refractivity contribution in [3.05, 3.63) is 297 Å².